The van der Waals surface area contributed by atoms with Crippen LogP contribution in [-0.4, -0.2) is 360 Å². The van der Waals surface area contributed by atoms with Gasteiger partial charge in [0.15, 0.2) is 43.7 Å². The van der Waals surface area contributed by atoms with E-state index in [4.69, 9.17) is 95.7 Å². The first-order valence-electron chi connectivity index (χ1n) is 28.5. The second-order valence-electron chi connectivity index (χ2n) is 21.1. The maximum Gasteiger partial charge on any atom is 0.218 e. The van der Waals surface area contributed by atoms with Crippen LogP contribution in [0, 0.1) is 5.92 Å². The summed E-state index contributed by atoms with van der Waals surface area (Å²) in [5.74, 6) is -3.78. The Labute approximate surface area is 578 Å². The molecule has 50 nitrogen and oxygen atoms in total. The fourth-order valence-corrected chi connectivity index (χ4v) is 13.5. The minimum absolute atomic E-state index is 0.0445. The summed E-state index contributed by atoms with van der Waals surface area (Å²) in [6, 6.07) is 0. The van der Waals surface area contributed by atoms with Crippen molar-refractivity contribution in [2.45, 2.75) is 148 Å². The lowest BCUT2D eigenvalue weighted by molar-refractivity contribution is -0.394. The lowest BCUT2D eigenvalue weighted by Gasteiger charge is -2.51. The Morgan fingerprint density at radius 1 is 0.376 bits per heavy atom. The van der Waals surface area contributed by atoms with E-state index in [9.17, 15) is 101 Å². The Bertz CT molecular complexity index is 3390. The van der Waals surface area contributed by atoms with Crippen molar-refractivity contribution in [2.75, 3.05) is 122 Å². The van der Waals surface area contributed by atoms with Gasteiger partial charge in [-0.2, -0.15) is 0 Å². The summed E-state index contributed by atoms with van der Waals surface area (Å²) in [5.41, 5.74) is 5.37. The molecule has 5 saturated heterocycles. The number of rotatable bonds is 44. The molecule has 0 saturated carbocycles. The molecule has 5 aliphatic rings. The maximum atomic E-state index is 13.3. The molecular formula is C44H71NO49S7-8. The number of hydrogen-bond acceptors (Lipinski definition) is 50. The van der Waals surface area contributed by atoms with Crippen LogP contribution in [0.2, 0.25) is 0 Å². The standard InChI is InChI=1S/C44H79NO49S7/c1-20-21(16-79-41(25(20)69-2)87-27-23(18-81-96(51,52)53)84-40(74-7)37(93-100(63,64)65)32(27)91-98(57,58)59)83-44-38(94-101(66,67)68)33(92-99(60,61)62)28(24(86-44)19-82-97(54,55)56)88-43-36(73-6)30(71-4)31(34(90-43)39(46)47)89-42-35(72-5)29(70-3)26(22(85-42)17-80-95(48,49)50)78-15-14-77-13-12-76-11-10-75-9-8-45/h20-38,40-44H,8-19,45H2,1-7H3,(H,46,47)(H,48,49,50)(H,51,52,53)(H,54,55,56)(H,57,58,59)(H,60,61,62)(H,63,64,65)(H,66,67,68)/p-8/t20-,21+,22+,23+,24+,25+,26+,27+,28+,29-,30-,31-,32-,33-,34-,35+,36+,37+,38+,40-,41-,42+,43+,44-/m0/s1. The van der Waals surface area contributed by atoms with Gasteiger partial charge >= 0.3 is 0 Å². The molecule has 0 aromatic heterocycles. The third-order valence-corrected chi connectivity index (χ3v) is 17.8. The molecule has 0 aromatic carbocycles. The lowest BCUT2D eigenvalue weighted by atomic mass is 9.93. The molecule has 24 atom stereocenters. The fraction of sp³-hybridized carbons (Fsp3) is 0.977. The van der Waals surface area contributed by atoms with E-state index >= 15 is 0 Å². The molecule has 5 rings (SSSR count). The fourth-order valence-electron chi connectivity index (χ4n) is 10.7. The third-order valence-electron chi connectivity index (χ3n) is 14.7. The van der Waals surface area contributed by atoms with Crippen LogP contribution in [0.1, 0.15) is 6.92 Å². The van der Waals surface area contributed by atoms with Crippen molar-refractivity contribution < 1.29 is 220 Å². The van der Waals surface area contributed by atoms with Crippen LogP contribution in [0.3, 0.4) is 0 Å². The molecule has 101 heavy (non-hydrogen) atoms. The highest BCUT2D eigenvalue weighted by Crippen LogP contribution is 2.41. The van der Waals surface area contributed by atoms with Gasteiger partial charge in [-0.25, -0.2) is 58.9 Å². The van der Waals surface area contributed by atoms with Crippen LogP contribution >= 0.6 is 0 Å². The van der Waals surface area contributed by atoms with Gasteiger partial charge in [0.1, 0.15) is 91.6 Å². The van der Waals surface area contributed by atoms with Gasteiger partial charge in [-0.3, -0.25) is 29.3 Å². The predicted molar refractivity (Wildman–Crippen MR) is 296 cm³/mol. The summed E-state index contributed by atoms with van der Waals surface area (Å²) in [4.78, 5) is 13.3. The number of nitrogens with two attached hydrogens (primary N) is 1. The van der Waals surface area contributed by atoms with Gasteiger partial charge in [0.25, 0.3) is 0 Å². The molecule has 0 aromatic rings. The monoisotopic (exact) mass is 1620 g/mol. The first-order chi connectivity index (χ1) is 46.9. The number of carboxylic acid groups (broad SMARTS) is 1. The number of ether oxygens (including phenoxy) is 19. The van der Waals surface area contributed by atoms with Gasteiger partial charge < -0.3 is 138 Å². The summed E-state index contributed by atoms with van der Waals surface area (Å²) in [6.45, 7) is -3.55. The van der Waals surface area contributed by atoms with E-state index in [1.807, 2.05) is 0 Å². The van der Waals surface area contributed by atoms with Crippen LogP contribution in [0.25, 0.3) is 0 Å². The van der Waals surface area contributed by atoms with Crippen LogP contribution in [-0.2, 0) is 197 Å². The van der Waals surface area contributed by atoms with Crippen molar-refractivity contribution in [3.05, 3.63) is 0 Å². The van der Waals surface area contributed by atoms with Gasteiger partial charge in [0, 0.05) is 55.1 Å². The molecule has 57 heteroatoms. The van der Waals surface area contributed by atoms with Crippen molar-refractivity contribution in [1.82, 2.24) is 0 Å². The molecule has 2 N–H and O–H groups in total. The molecule has 0 amide bonds. The summed E-state index contributed by atoms with van der Waals surface area (Å²) in [6.07, 6.45) is -52.3. The quantitative estimate of drug-likeness (QED) is 0.0336. The minimum atomic E-state index is -6.39. The molecule has 5 fully saturated rings. The average Bonchev–Trinajstić information content (AvgIpc) is 0.714. The van der Waals surface area contributed by atoms with E-state index in [-0.39, 0.29) is 39.6 Å². The van der Waals surface area contributed by atoms with E-state index < -0.39 is 252 Å². The van der Waals surface area contributed by atoms with Crippen LogP contribution in [0.15, 0.2) is 0 Å². The molecular weight excluding hydrogens is 1550 g/mol. The van der Waals surface area contributed by atoms with Gasteiger partial charge in [0.05, 0.1) is 84.7 Å². The summed E-state index contributed by atoms with van der Waals surface area (Å²) >= 11 is 0. The van der Waals surface area contributed by atoms with E-state index in [1.165, 1.54) is 0 Å². The highest BCUT2D eigenvalue weighted by Gasteiger charge is 2.60. The van der Waals surface area contributed by atoms with Crippen molar-refractivity contribution >= 4 is 78.8 Å². The largest absolute Gasteiger partial charge is 0.726 e. The lowest BCUT2D eigenvalue weighted by Crippen LogP contribution is -2.69. The molecule has 596 valence electrons. The number of carboxylic acids is 1. The minimum Gasteiger partial charge on any atom is -0.726 e. The van der Waals surface area contributed by atoms with Crippen molar-refractivity contribution in [3.8, 4) is 0 Å². The average molecular weight is 1620 g/mol. The number of hydrogen-bond donors (Lipinski definition) is 1. The maximum absolute atomic E-state index is 13.3. The number of carbonyl (C=O) groups excluding carboxylic acids is 1. The summed E-state index contributed by atoms with van der Waals surface area (Å²) < 4.78 is 392. The number of aliphatic carboxylic acids is 1. The van der Waals surface area contributed by atoms with Crippen LogP contribution in [0.4, 0.5) is 0 Å². The first-order valence-corrected chi connectivity index (χ1v) is 37.9. The second-order valence-corrected chi connectivity index (χ2v) is 28.3. The van der Waals surface area contributed by atoms with Crippen LogP contribution < -0.4 is 10.8 Å². The zero-order valence-electron chi connectivity index (χ0n) is 53.3. The van der Waals surface area contributed by atoms with E-state index in [1.54, 1.807) is 0 Å². The second kappa shape index (κ2) is 39.2. The van der Waals surface area contributed by atoms with Crippen LogP contribution in [0.5, 0.6) is 0 Å². The van der Waals surface area contributed by atoms with Gasteiger partial charge in [-0.1, -0.05) is 6.92 Å². The van der Waals surface area contributed by atoms with Crippen molar-refractivity contribution in [3.63, 3.8) is 0 Å². The molecule has 5 heterocycles. The zero-order valence-corrected chi connectivity index (χ0v) is 59.0. The first kappa shape index (κ1) is 89.4. The SMILES string of the molecule is CO[C@H]1O[C@H](COS(=O)(=O)[O-])[C@@H](O[C@@H]2OC[C@@H](O[C@H]3O[C@H](COS(=O)(=O)[O-])[C@@H](O[C@@H]4O[C@H](C(=O)[O-])[C@@H](O[C@H]5O[C@H](COS(=O)(=O)[O-])[C@@H](OCCOCCOCCOCCN)[C@H](OC)[C@H]5OC)[C@H](OC)[C@H]4OC)[C@H](OS(=O)(=O)[O-])[C@H]3OS(=O)(=O)[O-])[C@H](C)[C@H]2OC)[C@H](OS(=O)(=O)[O-])[C@H]1OS(=O)(=O)[O-]. The Balaban J connectivity index is 1.50. The van der Waals surface area contributed by atoms with Gasteiger partial charge in [-0.05, 0) is 0 Å². The smallest absolute Gasteiger partial charge is 0.218 e. The molecule has 5 aliphatic heterocycles. The number of methoxy groups -OCH3 is 6. The van der Waals surface area contributed by atoms with Crippen molar-refractivity contribution in [2.24, 2.45) is 11.7 Å². The molecule has 0 aliphatic carbocycles. The van der Waals surface area contributed by atoms with E-state index in [0.717, 1.165) is 42.5 Å². The van der Waals surface area contributed by atoms with Gasteiger partial charge in [-0.15, -0.1) is 0 Å². The molecule has 0 spiro atoms. The Hall–Kier alpha value is -2.24. The highest BCUT2D eigenvalue weighted by molar-refractivity contribution is 7.82. The Morgan fingerprint density at radius 3 is 1.12 bits per heavy atom. The summed E-state index contributed by atoms with van der Waals surface area (Å²) in [5, 5.41) is 13.3. The summed E-state index contributed by atoms with van der Waals surface area (Å²) in [7, 11) is -36.5. The predicted octanol–water partition coefficient (Wildman–Crippen LogP) is -10.9. The molecule has 0 bridgehead atoms. The Morgan fingerprint density at radius 2 is 0.723 bits per heavy atom. The molecule has 0 unspecified atom stereocenters. The normalized spacial score (nSPS) is 35.2. The Kier molecular flexibility index (Phi) is 34.7. The molecule has 0 radical (unpaired) electrons. The van der Waals surface area contributed by atoms with E-state index in [0.29, 0.717) is 20.3 Å². The zero-order chi connectivity index (χ0) is 75.8. The number of carbonyl (C=O) groups is 1. The van der Waals surface area contributed by atoms with Crippen molar-refractivity contribution in [1.29, 1.82) is 0 Å². The van der Waals surface area contributed by atoms with E-state index in [2.05, 4.69) is 29.3 Å². The highest BCUT2D eigenvalue weighted by atomic mass is 32.3. The third kappa shape index (κ3) is 28.4. The van der Waals surface area contributed by atoms with Gasteiger partial charge in [0.2, 0.25) is 72.8 Å². The topological polar surface area (TPSA) is 707 Å².